The summed E-state index contributed by atoms with van der Waals surface area (Å²) in [5, 5.41) is 10.7. The predicted molar refractivity (Wildman–Crippen MR) is 169 cm³/mol. The maximum absolute atomic E-state index is 7.40. The van der Waals surface area contributed by atoms with Crippen molar-refractivity contribution in [1.82, 2.24) is 4.98 Å². The molecule has 7 aromatic carbocycles. The minimum atomic E-state index is 0.646. The molecular formula is C38H22N2. The number of hydrogen-bond donors (Lipinski definition) is 0. The minimum Gasteiger partial charge on any atom is -0.247 e. The topological polar surface area (TPSA) is 17.2 Å². The zero-order chi connectivity index (χ0) is 26.6. The van der Waals surface area contributed by atoms with Crippen LogP contribution in [0.15, 0.2) is 133 Å². The van der Waals surface area contributed by atoms with Crippen LogP contribution in [0.5, 0.6) is 0 Å². The van der Waals surface area contributed by atoms with Crippen LogP contribution < -0.4 is 0 Å². The SMILES string of the molecule is [C-]#[N+]c1ccc(-c2c3ccccc3c(-c3nc4ccccc4c4c3ccc3ccccc34)c3ccccc23)cc1. The fourth-order valence-electron chi connectivity index (χ4n) is 6.31. The summed E-state index contributed by atoms with van der Waals surface area (Å²) in [7, 11) is 0. The molecular weight excluding hydrogens is 484 g/mol. The number of nitrogens with zero attached hydrogens (tertiary/aromatic N) is 2. The molecule has 0 saturated carbocycles. The van der Waals surface area contributed by atoms with Gasteiger partial charge < -0.3 is 0 Å². The Morgan fingerprint density at radius 2 is 1.00 bits per heavy atom. The summed E-state index contributed by atoms with van der Waals surface area (Å²) in [4.78, 5) is 8.97. The van der Waals surface area contributed by atoms with Crippen LogP contribution in [0.1, 0.15) is 0 Å². The summed E-state index contributed by atoms with van der Waals surface area (Å²) in [6.45, 7) is 7.40. The van der Waals surface area contributed by atoms with Gasteiger partial charge in [0.25, 0.3) is 0 Å². The third kappa shape index (κ3) is 3.25. The summed E-state index contributed by atoms with van der Waals surface area (Å²) < 4.78 is 0. The van der Waals surface area contributed by atoms with E-state index in [1.807, 2.05) is 12.1 Å². The van der Waals surface area contributed by atoms with Crippen molar-refractivity contribution < 1.29 is 0 Å². The number of pyridine rings is 1. The van der Waals surface area contributed by atoms with Gasteiger partial charge in [0, 0.05) is 21.7 Å². The quantitative estimate of drug-likeness (QED) is 0.129. The molecule has 40 heavy (non-hydrogen) atoms. The number of hydrogen-bond acceptors (Lipinski definition) is 1. The third-order valence-electron chi connectivity index (χ3n) is 8.04. The Hall–Kier alpha value is -5.52. The number of aromatic nitrogens is 1. The zero-order valence-electron chi connectivity index (χ0n) is 21.6. The van der Waals surface area contributed by atoms with Crippen molar-refractivity contribution in [3.8, 4) is 22.4 Å². The standard InChI is InChI=1S/C38H22N2/c1-39-26-21-18-25(19-22-26)35-28-12-4-6-14-30(28)37(31-15-7-5-13-29(31)35)38-33-23-20-24-10-2-3-11-27(24)36(33)32-16-8-9-17-34(32)40-38/h2-23H. The monoisotopic (exact) mass is 506 g/mol. The van der Waals surface area contributed by atoms with Crippen LogP contribution in [-0.4, -0.2) is 4.98 Å². The Morgan fingerprint density at radius 1 is 0.450 bits per heavy atom. The molecule has 0 atom stereocenters. The molecule has 8 aromatic rings. The Labute approximate surface area is 231 Å². The van der Waals surface area contributed by atoms with Gasteiger partial charge in [-0.15, -0.1) is 0 Å². The van der Waals surface area contributed by atoms with Crippen molar-refractivity contribution in [2.24, 2.45) is 0 Å². The smallest absolute Gasteiger partial charge is 0.187 e. The fraction of sp³-hybridized carbons (Fsp3) is 0. The van der Waals surface area contributed by atoms with E-state index in [1.165, 1.54) is 48.7 Å². The number of benzene rings is 7. The lowest BCUT2D eigenvalue weighted by atomic mass is 9.85. The summed E-state index contributed by atoms with van der Waals surface area (Å²) in [5.74, 6) is 0. The first-order valence-electron chi connectivity index (χ1n) is 13.4. The van der Waals surface area contributed by atoms with Crippen molar-refractivity contribution in [2.45, 2.75) is 0 Å². The molecule has 2 nitrogen and oxygen atoms in total. The van der Waals surface area contributed by atoms with Gasteiger partial charge in [-0.1, -0.05) is 127 Å². The summed E-state index contributed by atoms with van der Waals surface area (Å²) >= 11 is 0. The van der Waals surface area contributed by atoms with Crippen molar-refractivity contribution in [3.63, 3.8) is 0 Å². The molecule has 0 amide bonds. The van der Waals surface area contributed by atoms with Gasteiger partial charge in [0.1, 0.15) is 0 Å². The van der Waals surface area contributed by atoms with Crippen molar-refractivity contribution in [2.75, 3.05) is 0 Å². The Balaban J connectivity index is 1.58. The second kappa shape index (κ2) is 8.76. The number of fused-ring (bicyclic) bond motifs is 7. The summed E-state index contributed by atoms with van der Waals surface area (Å²) in [6.07, 6.45) is 0. The highest BCUT2D eigenvalue weighted by Crippen LogP contribution is 2.46. The molecule has 0 saturated heterocycles. The van der Waals surface area contributed by atoms with E-state index in [0.717, 1.165) is 27.7 Å². The van der Waals surface area contributed by atoms with Crippen LogP contribution in [0.3, 0.4) is 0 Å². The van der Waals surface area contributed by atoms with E-state index in [-0.39, 0.29) is 0 Å². The highest BCUT2D eigenvalue weighted by atomic mass is 14.7. The van der Waals surface area contributed by atoms with Gasteiger partial charge in [0.15, 0.2) is 5.69 Å². The van der Waals surface area contributed by atoms with Crippen molar-refractivity contribution in [3.05, 3.63) is 145 Å². The number of rotatable bonds is 2. The van der Waals surface area contributed by atoms with Gasteiger partial charge >= 0.3 is 0 Å². The first-order valence-corrected chi connectivity index (χ1v) is 13.4. The third-order valence-corrected chi connectivity index (χ3v) is 8.04. The first kappa shape index (κ1) is 22.5. The average molecular weight is 507 g/mol. The zero-order valence-corrected chi connectivity index (χ0v) is 21.6. The van der Waals surface area contributed by atoms with Gasteiger partial charge in [-0.05, 0) is 49.5 Å². The first-order chi connectivity index (χ1) is 19.8. The molecule has 0 bridgehead atoms. The Morgan fingerprint density at radius 3 is 1.65 bits per heavy atom. The van der Waals surface area contributed by atoms with E-state index in [1.54, 1.807) is 0 Å². The normalized spacial score (nSPS) is 11.5. The van der Waals surface area contributed by atoms with Gasteiger partial charge in [-0.2, -0.15) is 0 Å². The van der Waals surface area contributed by atoms with E-state index >= 15 is 0 Å². The molecule has 0 aliphatic carbocycles. The number of para-hydroxylation sites is 1. The van der Waals surface area contributed by atoms with Gasteiger partial charge in [-0.25, -0.2) is 9.83 Å². The van der Waals surface area contributed by atoms with E-state index in [4.69, 9.17) is 11.6 Å². The maximum Gasteiger partial charge on any atom is 0.187 e. The average Bonchev–Trinajstić information content (AvgIpc) is 3.03. The molecule has 0 fully saturated rings. The molecule has 8 rings (SSSR count). The molecule has 2 heteroatoms. The van der Waals surface area contributed by atoms with Crippen LogP contribution in [0.25, 0.3) is 81.2 Å². The van der Waals surface area contributed by atoms with E-state index < -0.39 is 0 Å². The molecule has 1 heterocycles. The predicted octanol–water partition coefficient (Wildman–Crippen LogP) is 10.7. The summed E-state index contributed by atoms with van der Waals surface area (Å²) in [6, 6.07) is 46.8. The van der Waals surface area contributed by atoms with Crippen LogP contribution in [0.2, 0.25) is 0 Å². The molecule has 0 unspecified atom stereocenters. The second-order valence-corrected chi connectivity index (χ2v) is 10.2. The lowest BCUT2D eigenvalue weighted by molar-refractivity contribution is 1.45. The van der Waals surface area contributed by atoms with E-state index in [0.29, 0.717) is 5.69 Å². The Bertz CT molecular complexity index is 2250. The van der Waals surface area contributed by atoms with Crippen molar-refractivity contribution >= 4 is 59.7 Å². The molecule has 0 aliphatic rings. The largest absolute Gasteiger partial charge is 0.247 e. The molecule has 0 N–H and O–H groups in total. The van der Waals surface area contributed by atoms with Gasteiger partial charge in [0.05, 0.1) is 17.8 Å². The highest BCUT2D eigenvalue weighted by molar-refractivity contribution is 6.27. The fourth-order valence-corrected chi connectivity index (χ4v) is 6.31. The van der Waals surface area contributed by atoms with Crippen LogP contribution >= 0.6 is 0 Å². The minimum absolute atomic E-state index is 0.646. The van der Waals surface area contributed by atoms with Crippen LogP contribution in [0, 0.1) is 6.57 Å². The summed E-state index contributed by atoms with van der Waals surface area (Å²) in [5.41, 5.74) is 6.08. The maximum atomic E-state index is 7.40. The highest BCUT2D eigenvalue weighted by Gasteiger charge is 2.20. The van der Waals surface area contributed by atoms with Crippen molar-refractivity contribution in [1.29, 1.82) is 0 Å². The molecule has 0 radical (unpaired) electrons. The van der Waals surface area contributed by atoms with Crippen LogP contribution in [0.4, 0.5) is 5.69 Å². The van der Waals surface area contributed by atoms with Crippen LogP contribution in [-0.2, 0) is 0 Å². The molecule has 184 valence electrons. The van der Waals surface area contributed by atoms with Gasteiger partial charge in [-0.3, -0.25) is 0 Å². The molecule has 1 aromatic heterocycles. The van der Waals surface area contributed by atoms with Gasteiger partial charge in [0.2, 0.25) is 0 Å². The second-order valence-electron chi connectivity index (χ2n) is 10.2. The molecule has 0 aliphatic heterocycles. The van der Waals surface area contributed by atoms with E-state index in [2.05, 4.69) is 126 Å². The Kier molecular flexibility index (Phi) is 4.92. The molecule has 0 spiro atoms. The lowest BCUT2D eigenvalue weighted by Crippen LogP contribution is -1.95. The van der Waals surface area contributed by atoms with E-state index in [9.17, 15) is 0 Å². The lowest BCUT2D eigenvalue weighted by Gasteiger charge is -2.19.